The third kappa shape index (κ3) is 5.56. The molecule has 4 nitrogen and oxygen atoms in total. The molecule has 0 spiro atoms. The Kier molecular flexibility index (Phi) is 7.10. The molecule has 0 fully saturated rings. The molecule has 0 saturated heterocycles. The zero-order chi connectivity index (χ0) is 32.6. The second kappa shape index (κ2) is 12.2. The van der Waals surface area contributed by atoms with Gasteiger partial charge >= 0.3 is 0 Å². The first kappa shape index (κ1) is 28.6. The lowest BCUT2D eigenvalue weighted by Gasteiger charge is -2.13. The van der Waals surface area contributed by atoms with Crippen molar-refractivity contribution in [1.82, 2.24) is 15.0 Å². The van der Waals surface area contributed by atoms with Gasteiger partial charge in [-0.15, -0.1) is 0 Å². The number of furan rings is 1. The van der Waals surface area contributed by atoms with E-state index in [4.69, 9.17) is 14.4 Å². The van der Waals surface area contributed by atoms with Gasteiger partial charge in [-0.3, -0.25) is 4.98 Å². The molecule has 0 N–H and O–H groups in total. The van der Waals surface area contributed by atoms with Crippen LogP contribution in [0, 0.1) is 0 Å². The molecule has 0 saturated carbocycles. The molecule has 0 bridgehead atoms. The average Bonchev–Trinajstić information content (AvgIpc) is 3.57. The van der Waals surface area contributed by atoms with E-state index in [2.05, 4.69) is 126 Å². The molecule has 0 unspecified atom stereocenters. The normalized spacial score (nSPS) is 11.3. The zero-order valence-electron chi connectivity index (χ0n) is 26.5. The van der Waals surface area contributed by atoms with Crippen molar-refractivity contribution in [2.24, 2.45) is 0 Å². The number of benzene rings is 6. The van der Waals surface area contributed by atoms with Crippen molar-refractivity contribution >= 4 is 21.9 Å². The van der Waals surface area contributed by atoms with E-state index < -0.39 is 0 Å². The average molecular weight is 628 g/mol. The highest BCUT2D eigenvalue weighted by molar-refractivity contribution is 6.06. The first-order chi connectivity index (χ1) is 24.2. The Hall–Kier alpha value is -6.65. The van der Waals surface area contributed by atoms with Crippen LogP contribution in [-0.4, -0.2) is 15.0 Å². The summed E-state index contributed by atoms with van der Waals surface area (Å²) in [5.74, 6) is 0.685. The number of para-hydroxylation sites is 1. The second-order valence-electron chi connectivity index (χ2n) is 12.1. The summed E-state index contributed by atoms with van der Waals surface area (Å²) in [6.45, 7) is 0. The maximum atomic E-state index is 6.15. The van der Waals surface area contributed by atoms with Crippen molar-refractivity contribution in [2.75, 3.05) is 0 Å². The molecule has 0 atom stereocenters. The molecule has 49 heavy (non-hydrogen) atoms. The lowest BCUT2D eigenvalue weighted by molar-refractivity contribution is 0.669. The van der Waals surface area contributed by atoms with Crippen LogP contribution in [-0.2, 0) is 0 Å². The minimum atomic E-state index is 0.685. The number of fused-ring (bicyclic) bond motifs is 3. The number of aromatic nitrogens is 3. The van der Waals surface area contributed by atoms with E-state index >= 15 is 0 Å². The molecule has 230 valence electrons. The summed E-state index contributed by atoms with van der Waals surface area (Å²) in [4.78, 5) is 14.4. The molecule has 0 radical (unpaired) electrons. The van der Waals surface area contributed by atoms with Gasteiger partial charge in [0.15, 0.2) is 5.82 Å². The van der Waals surface area contributed by atoms with E-state index in [1.165, 1.54) is 0 Å². The predicted octanol–water partition coefficient (Wildman–Crippen LogP) is 11.8. The van der Waals surface area contributed by atoms with Gasteiger partial charge in [0.1, 0.15) is 11.2 Å². The molecule has 0 aliphatic rings. The maximum Gasteiger partial charge on any atom is 0.160 e. The smallest absolute Gasteiger partial charge is 0.160 e. The van der Waals surface area contributed by atoms with Gasteiger partial charge in [0, 0.05) is 39.9 Å². The Morgan fingerprint density at radius 1 is 0.327 bits per heavy atom. The van der Waals surface area contributed by atoms with Crippen molar-refractivity contribution in [2.45, 2.75) is 0 Å². The molecule has 0 aliphatic carbocycles. The minimum absolute atomic E-state index is 0.685. The molecule has 9 aromatic rings. The summed E-state index contributed by atoms with van der Waals surface area (Å²) in [6.07, 6.45) is 3.64. The number of hydrogen-bond donors (Lipinski definition) is 0. The van der Waals surface area contributed by atoms with E-state index in [1.54, 1.807) is 0 Å². The highest BCUT2D eigenvalue weighted by atomic mass is 16.3. The minimum Gasteiger partial charge on any atom is -0.456 e. The number of pyridine rings is 1. The van der Waals surface area contributed by atoms with Gasteiger partial charge in [0.05, 0.1) is 11.4 Å². The highest BCUT2D eigenvalue weighted by Gasteiger charge is 2.15. The standard InChI is InChI=1S/C45H29N3O/c1-3-9-30(10-4-1)36-25-37(35-19-20-44-40(28-35)39-13-7-8-14-43(39)49-44)27-38(26-36)42-29-41(47-45(48-42)34-11-5-2-6-12-34)33-17-15-31(16-18-33)32-21-23-46-24-22-32/h1-29H. The van der Waals surface area contributed by atoms with Crippen LogP contribution >= 0.6 is 0 Å². The van der Waals surface area contributed by atoms with E-state index in [0.717, 1.165) is 83.4 Å². The quantitative estimate of drug-likeness (QED) is 0.184. The topological polar surface area (TPSA) is 51.8 Å². The van der Waals surface area contributed by atoms with Crippen LogP contribution in [0.25, 0.3) is 89.2 Å². The van der Waals surface area contributed by atoms with Crippen molar-refractivity contribution < 1.29 is 4.42 Å². The van der Waals surface area contributed by atoms with Gasteiger partial charge in [-0.2, -0.15) is 0 Å². The van der Waals surface area contributed by atoms with Crippen LogP contribution in [0.3, 0.4) is 0 Å². The number of nitrogens with zero attached hydrogens (tertiary/aromatic N) is 3. The molecule has 4 heteroatoms. The van der Waals surface area contributed by atoms with Crippen molar-refractivity contribution in [3.05, 3.63) is 176 Å². The molecule has 0 amide bonds. The number of rotatable bonds is 6. The van der Waals surface area contributed by atoms with E-state index in [9.17, 15) is 0 Å². The van der Waals surface area contributed by atoms with Crippen LogP contribution in [0.2, 0.25) is 0 Å². The van der Waals surface area contributed by atoms with Gasteiger partial charge in [-0.1, -0.05) is 109 Å². The first-order valence-corrected chi connectivity index (χ1v) is 16.3. The van der Waals surface area contributed by atoms with E-state index in [-0.39, 0.29) is 0 Å². The molecule has 9 rings (SSSR count). The Labute approximate surface area is 284 Å². The summed E-state index contributed by atoms with van der Waals surface area (Å²) in [5, 5.41) is 2.22. The Morgan fingerprint density at radius 3 is 1.61 bits per heavy atom. The van der Waals surface area contributed by atoms with Crippen molar-refractivity contribution in [1.29, 1.82) is 0 Å². The fraction of sp³-hybridized carbons (Fsp3) is 0. The maximum absolute atomic E-state index is 6.15. The SMILES string of the molecule is c1ccc(-c2cc(-c3ccc4oc5ccccc5c4c3)cc(-c3cc(-c4ccc(-c5ccncc5)cc4)nc(-c4ccccc4)n3)c2)cc1. The molecule has 3 aromatic heterocycles. The third-order valence-electron chi connectivity index (χ3n) is 9.00. The van der Waals surface area contributed by atoms with Crippen molar-refractivity contribution in [3.63, 3.8) is 0 Å². The molecular weight excluding hydrogens is 599 g/mol. The molecule has 0 aliphatic heterocycles. The van der Waals surface area contributed by atoms with Gasteiger partial charge < -0.3 is 4.42 Å². The van der Waals surface area contributed by atoms with Crippen molar-refractivity contribution in [3.8, 4) is 67.3 Å². The van der Waals surface area contributed by atoms with E-state index in [0.29, 0.717) is 5.82 Å². The summed E-state index contributed by atoms with van der Waals surface area (Å²) in [7, 11) is 0. The first-order valence-electron chi connectivity index (χ1n) is 16.3. The van der Waals surface area contributed by atoms with Gasteiger partial charge in [-0.05, 0) is 88.0 Å². The monoisotopic (exact) mass is 627 g/mol. The van der Waals surface area contributed by atoms with Crippen LogP contribution in [0.1, 0.15) is 0 Å². The summed E-state index contributed by atoms with van der Waals surface area (Å²) >= 11 is 0. The third-order valence-corrected chi connectivity index (χ3v) is 9.00. The summed E-state index contributed by atoms with van der Waals surface area (Å²) < 4.78 is 6.15. The number of hydrogen-bond acceptors (Lipinski definition) is 4. The van der Waals surface area contributed by atoms with Crippen LogP contribution in [0.4, 0.5) is 0 Å². The predicted molar refractivity (Wildman–Crippen MR) is 200 cm³/mol. The Balaban J connectivity index is 1.22. The molecule has 6 aromatic carbocycles. The Morgan fingerprint density at radius 2 is 0.857 bits per heavy atom. The second-order valence-corrected chi connectivity index (χ2v) is 12.1. The lowest BCUT2D eigenvalue weighted by atomic mass is 9.94. The summed E-state index contributed by atoms with van der Waals surface area (Å²) in [6, 6.07) is 56.8. The lowest BCUT2D eigenvalue weighted by Crippen LogP contribution is -1.96. The van der Waals surface area contributed by atoms with Crippen LogP contribution in [0.5, 0.6) is 0 Å². The largest absolute Gasteiger partial charge is 0.456 e. The van der Waals surface area contributed by atoms with Gasteiger partial charge in [0.25, 0.3) is 0 Å². The van der Waals surface area contributed by atoms with E-state index in [1.807, 2.05) is 54.9 Å². The highest BCUT2D eigenvalue weighted by Crippen LogP contribution is 2.37. The van der Waals surface area contributed by atoms with Crippen LogP contribution < -0.4 is 0 Å². The zero-order valence-corrected chi connectivity index (χ0v) is 26.5. The fourth-order valence-corrected chi connectivity index (χ4v) is 6.48. The fourth-order valence-electron chi connectivity index (χ4n) is 6.48. The Bertz CT molecular complexity index is 2580. The van der Waals surface area contributed by atoms with Crippen LogP contribution in [0.15, 0.2) is 181 Å². The summed E-state index contributed by atoms with van der Waals surface area (Å²) in [5.41, 5.74) is 13.2. The molecular formula is C45H29N3O. The molecule has 3 heterocycles. The van der Waals surface area contributed by atoms with Gasteiger partial charge in [0.2, 0.25) is 0 Å². The van der Waals surface area contributed by atoms with Gasteiger partial charge in [-0.25, -0.2) is 9.97 Å².